The number of carboxylic acid groups (broad SMARTS) is 1. The number of aromatic nitrogens is 3. The van der Waals surface area contributed by atoms with Gasteiger partial charge in [0.05, 0.1) is 6.20 Å². The molecule has 0 saturated heterocycles. The molecule has 1 aromatic rings. The third-order valence-corrected chi connectivity index (χ3v) is 3.15. The van der Waals surface area contributed by atoms with Gasteiger partial charge in [0.25, 0.3) is 0 Å². The molecule has 7 heteroatoms. The van der Waals surface area contributed by atoms with Gasteiger partial charge in [0.1, 0.15) is 6.54 Å². The van der Waals surface area contributed by atoms with Gasteiger partial charge in [-0.05, 0) is 11.3 Å². The second kappa shape index (κ2) is 5.81. The van der Waals surface area contributed by atoms with Crippen LogP contribution in [0.25, 0.3) is 0 Å². The van der Waals surface area contributed by atoms with Crippen molar-refractivity contribution in [2.45, 2.75) is 34.2 Å². The van der Waals surface area contributed by atoms with Crippen molar-refractivity contribution in [3.63, 3.8) is 0 Å². The molecule has 1 amide bonds. The molecule has 0 fully saturated rings. The van der Waals surface area contributed by atoms with Crippen molar-refractivity contribution in [1.29, 1.82) is 0 Å². The zero-order valence-corrected chi connectivity index (χ0v) is 11.7. The van der Waals surface area contributed by atoms with Crippen LogP contribution in [0.5, 0.6) is 0 Å². The van der Waals surface area contributed by atoms with Crippen LogP contribution in [-0.2, 0) is 11.3 Å². The van der Waals surface area contributed by atoms with Crippen LogP contribution in [0.4, 0.5) is 0 Å². The van der Waals surface area contributed by atoms with Crippen LogP contribution < -0.4 is 5.32 Å². The summed E-state index contributed by atoms with van der Waals surface area (Å²) < 4.78 is 1.21. The number of hydrogen-bond acceptors (Lipinski definition) is 4. The highest BCUT2D eigenvalue weighted by Gasteiger charge is 2.20. The summed E-state index contributed by atoms with van der Waals surface area (Å²) in [6, 6.07) is 0. The number of carbonyl (C=O) groups excluding carboxylic acids is 1. The quantitative estimate of drug-likeness (QED) is 0.822. The molecule has 0 bridgehead atoms. The van der Waals surface area contributed by atoms with E-state index in [1.165, 1.54) is 10.9 Å². The van der Waals surface area contributed by atoms with Crippen molar-refractivity contribution in [3.8, 4) is 0 Å². The highest BCUT2D eigenvalue weighted by molar-refractivity contribution is 5.84. The van der Waals surface area contributed by atoms with Crippen molar-refractivity contribution >= 4 is 11.9 Å². The number of hydrogen-bond donors (Lipinski definition) is 2. The summed E-state index contributed by atoms with van der Waals surface area (Å²) in [6.07, 6.45) is 1.23. The van der Waals surface area contributed by atoms with E-state index >= 15 is 0 Å². The van der Waals surface area contributed by atoms with Crippen molar-refractivity contribution < 1.29 is 14.7 Å². The van der Waals surface area contributed by atoms with Crippen molar-refractivity contribution in [2.75, 3.05) is 6.54 Å². The zero-order valence-electron chi connectivity index (χ0n) is 11.7. The molecule has 0 aliphatic carbocycles. The third-order valence-electron chi connectivity index (χ3n) is 3.15. The molecule has 0 spiro atoms. The van der Waals surface area contributed by atoms with E-state index in [1.54, 1.807) is 0 Å². The number of aromatic carboxylic acids is 1. The second-order valence-electron chi connectivity index (χ2n) is 5.68. The molecule has 0 aliphatic heterocycles. The summed E-state index contributed by atoms with van der Waals surface area (Å²) in [5.41, 5.74) is -0.0485. The minimum atomic E-state index is -1.16. The summed E-state index contributed by atoms with van der Waals surface area (Å²) in [4.78, 5) is 22.3. The van der Waals surface area contributed by atoms with Gasteiger partial charge in [-0.1, -0.05) is 32.9 Å². The Kier molecular flexibility index (Phi) is 4.63. The lowest BCUT2D eigenvalue weighted by Crippen LogP contribution is -2.35. The van der Waals surface area contributed by atoms with Crippen LogP contribution in [0.3, 0.4) is 0 Å². The summed E-state index contributed by atoms with van der Waals surface area (Å²) in [5, 5.41) is 18.5. The van der Waals surface area contributed by atoms with Crippen LogP contribution in [0.15, 0.2) is 6.20 Å². The Morgan fingerprint density at radius 1 is 1.47 bits per heavy atom. The zero-order chi connectivity index (χ0) is 14.6. The Balaban J connectivity index is 2.45. The van der Waals surface area contributed by atoms with Crippen LogP contribution >= 0.6 is 0 Å². The first-order valence-corrected chi connectivity index (χ1v) is 6.10. The van der Waals surface area contributed by atoms with Crippen LogP contribution in [0.2, 0.25) is 0 Å². The largest absolute Gasteiger partial charge is 0.476 e. The van der Waals surface area contributed by atoms with Gasteiger partial charge in [-0.2, -0.15) is 0 Å². The molecule has 0 aliphatic rings. The number of amides is 1. The van der Waals surface area contributed by atoms with Gasteiger partial charge in [-0.3, -0.25) is 4.79 Å². The monoisotopic (exact) mass is 268 g/mol. The minimum absolute atomic E-state index is 0.0306. The summed E-state index contributed by atoms with van der Waals surface area (Å²) in [6.45, 7) is 8.94. The molecule has 7 nitrogen and oxygen atoms in total. The number of rotatable bonds is 5. The Bertz CT molecular complexity index is 462. The molecule has 1 aromatic heterocycles. The molecule has 1 atom stereocenters. The molecule has 0 radical (unpaired) electrons. The van der Waals surface area contributed by atoms with Gasteiger partial charge in [0, 0.05) is 6.54 Å². The van der Waals surface area contributed by atoms with E-state index in [2.05, 4.69) is 43.3 Å². The van der Waals surface area contributed by atoms with Crippen LogP contribution in [0.1, 0.15) is 38.2 Å². The topological polar surface area (TPSA) is 97.1 Å². The number of nitrogens with zero attached hydrogens (tertiary/aromatic N) is 3. The summed E-state index contributed by atoms with van der Waals surface area (Å²) in [7, 11) is 0. The highest BCUT2D eigenvalue weighted by Crippen LogP contribution is 2.24. The second-order valence-corrected chi connectivity index (χ2v) is 5.68. The van der Waals surface area contributed by atoms with Crippen LogP contribution in [-0.4, -0.2) is 38.5 Å². The van der Waals surface area contributed by atoms with E-state index in [0.717, 1.165) is 0 Å². The SMILES string of the molecule is CC(CNC(=O)Cn1cc(C(=O)O)nn1)C(C)(C)C. The fourth-order valence-corrected chi connectivity index (χ4v) is 1.25. The van der Waals surface area contributed by atoms with E-state index < -0.39 is 5.97 Å². The van der Waals surface area contributed by atoms with Gasteiger partial charge in [-0.15, -0.1) is 5.10 Å². The number of carboxylic acids is 1. The molecule has 19 heavy (non-hydrogen) atoms. The first-order chi connectivity index (χ1) is 8.70. The fourth-order valence-electron chi connectivity index (χ4n) is 1.25. The van der Waals surface area contributed by atoms with Gasteiger partial charge >= 0.3 is 5.97 Å². The first kappa shape index (κ1) is 15.1. The maximum Gasteiger partial charge on any atom is 0.358 e. The summed E-state index contributed by atoms with van der Waals surface area (Å²) in [5.74, 6) is -1.03. The van der Waals surface area contributed by atoms with Crippen molar-refractivity contribution in [3.05, 3.63) is 11.9 Å². The highest BCUT2D eigenvalue weighted by atomic mass is 16.4. The predicted molar refractivity (Wildman–Crippen MR) is 68.6 cm³/mol. The Morgan fingerprint density at radius 2 is 2.11 bits per heavy atom. The molecule has 0 saturated carbocycles. The lowest BCUT2D eigenvalue weighted by molar-refractivity contribution is -0.122. The van der Waals surface area contributed by atoms with Gasteiger partial charge in [0.2, 0.25) is 5.91 Å². The third kappa shape index (κ3) is 4.69. The standard InChI is InChI=1S/C12H20N4O3/c1-8(12(2,3)4)5-13-10(17)7-16-6-9(11(18)19)14-15-16/h6,8H,5,7H2,1-4H3,(H,13,17)(H,18,19). The van der Waals surface area contributed by atoms with Gasteiger partial charge < -0.3 is 10.4 Å². The van der Waals surface area contributed by atoms with E-state index in [9.17, 15) is 9.59 Å². The average molecular weight is 268 g/mol. The van der Waals surface area contributed by atoms with E-state index in [0.29, 0.717) is 12.5 Å². The number of nitrogens with one attached hydrogen (secondary N) is 1. The maximum atomic E-state index is 11.7. The normalized spacial score (nSPS) is 13.1. The Morgan fingerprint density at radius 3 is 2.58 bits per heavy atom. The molecular formula is C12H20N4O3. The Labute approximate surface area is 112 Å². The lowest BCUT2D eigenvalue weighted by atomic mass is 9.82. The molecule has 2 N–H and O–H groups in total. The van der Waals surface area contributed by atoms with E-state index in [-0.39, 0.29) is 23.6 Å². The molecule has 1 rings (SSSR count). The van der Waals surface area contributed by atoms with Crippen molar-refractivity contribution in [2.24, 2.45) is 11.3 Å². The van der Waals surface area contributed by atoms with Crippen LogP contribution in [0, 0.1) is 11.3 Å². The molecule has 1 heterocycles. The molecule has 1 unspecified atom stereocenters. The average Bonchev–Trinajstić information content (AvgIpc) is 2.73. The molecular weight excluding hydrogens is 248 g/mol. The van der Waals surface area contributed by atoms with Gasteiger partial charge in [0.15, 0.2) is 5.69 Å². The lowest BCUT2D eigenvalue weighted by Gasteiger charge is -2.27. The summed E-state index contributed by atoms with van der Waals surface area (Å²) >= 11 is 0. The fraction of sp³-hybridized carbons (Fsp3) is 0.667. The van der Waals surface area contributed by atoms with Crippen molar-refractivity contribution in [1.82, 2.24) is 20.3 Å². The maximum absolute atomic E-state index is 11.7. The minimum Gasteiger partial charge on any atom is -0.476 e. The van der Waals surface area contributed by atoms with Gasteiger partial charge in [-0.25, -0.2) is 9.48 Å². The Hall–Kier alpha value is -1.92. The van der Waals surface area contributed by atoms with E-state index in [4.69, 9.17) is 5.11 Å². The molecule has 106 valence electrons. The van der Waals surface area contributed by atoms with E-state index in [1.807, 2.05) is 0 Å². The number of carbonyl (C=O) groups is 2. The molecule has 0 aromatic carbocycles. The predicted octanol–water partition coefficient (Wildman–Crippen LogP) is 0.775. The first-order valence-electron chi connectivity index (χ1n) is 6.10. The smallest absolute Gasteiger partial charge is 0.358 e.